The molecule has 0 saturated heterocycles. The summed E-state index contributed by atoms with van der Waals surface area (Å²) in [5.41, 5.74) is 4.31. The quantitative estimate of drug-likeness (QED) is 0.745. The number of ether oxygens (including phenoxy) is 4. The molecule has 0 N–H and O–H groups in total. The Morgan fingerprint density at radius 1 is 0.897 bits per heavy atom. The van der Waals surface area contributed by atoms with Crippen molar-refractivity contribution in [2.24, 2.45) is 0 Å². The van der Waals surface area contributed by atoms with Crippen LogP contribution < -0.4 is 18.9 Å². The molecule has 0 saturated carbocycles. The molecule has 6 rings (SSSR count). The molecule has 0 spiro atoms. The van der Waals surface area contributed by atoms with Crippen molar-refractivity contribution < 1.29 is 23.7 Å². The molecule has 2 aromatic rings. The summed E-state index contributed by atoms with van der Waals surface area (Å²) in [7, 11) is 0. The summed E-state index contributed by atoms with van der Waals surface area (Å²) in [6.07, 6.45) is 4.37. The van der Waals surface area contributed by atoms with Gasteiger partial charge in [-0.2, -0.15) is 0 Å². The van der Waals surface area contributed by atoms with Gasteiger partial charge in [0.25, 0.3) is 0 Å². The zero-order chi connectivity index (χ0) is 19.4. The van der Waals surface area contributed by atoms with Gasteiger partial charge >= 0.3 is 0 Å². The zero-order valence-corrected chi connectivity index (χ0v) is 16.0. The number of amides is 1. The second-order valence-corrected chi connectivity index (χ2v) is 7.78. The van der Waals surface area contributed by atoms with Crippen LogP contribution >= 0.6 is 0 Å². The van der Waals surface area contributed by atoms with E-state index in [0.717, 1.165) is 52.7 Å². The maximum absolute atomic E-state index is 13.0. The predicted molar refractivity (Wildman–Crippen MR) is 105 cm³/mol. The molecule has 1 atom stereocenters. The third kappa shape index (κ3) is 2.74. The van der Waals surface area contributed by atoms with E-state index in [9.17, 15) is 4.79 Å². The largest absolute Gasteiger partial charge is 0.490 e. The lowest BCUT2D eigenvalue weighted by atomic mass is 9.85. The first-order valence-corrected chi connectivity index (χ1v) is 10.1. The predicted octanol–water partition coefficient (Wildman–Crippen LogP) is 3.49. The minimum Gasteiger partial charge on any atom is -0.490 e. The number of carbonyl (C=O) groups excluding carboxylic acids is 1. The van der Waals surface area contributed by atoms with E-state index < -0.39 is 0 Å². The molecule has 29 heavy (non-hydrogen) atoms. The molecule has 2 aromatic carbocycles. The van der Waals surface area contributed by atoms with E-state index in [1.807, 2.05) is 29.2 Å². The van der Waals surface area contributed by atoms with Gasteiger partial charge in [0.05, 0.1) is 13.2 Å². The summed E-state index contributed by atoms with van der Waals surface area (Å²) in [6.45, 7) is 2.27. The van der Waals surface area contributed by atoms with Gasteiger partial charge in [-0.3, -0.25) is 4.79 Å². The Kier molecular flexibility index (Phi) is 3.72. The number of benzene rings is 2. The van der Waals surface area contributed by atoms with Gasteiger partial charge in [-0.15, -0.1) is 0 Å². The summed E-state index contributed by atoms with van der Waals surface area (Å²) in [4.78, 5) is 14.9. The monoisotopic (exact) mass is 391 g/mol. The number of nitrogens with zero attached hydrogens (tertiary/aromatic N) is 1. The van der Waals surface area contributed by atoms with Crippen LogP contribution in [0.25, 0.3) is 5.70 Å². The summed E-state index contributed by atoms with van der Waals surface area (Å²) in [6, 6.07) is 10.1. The van der Waals surface area contributed by atoms with Crippen LogP contribution in [0.4, 0.5) is 0 Å². The van der Waals surface area contributed by atoms with Crippen LogP contribution in [-0.2, 0) is 11.2 Å². The van der Waals surface area contributed by atoms with Crippen LogP contribution in [0.15, 0.2) is 36.4 Å². The highest BCUT2D eigenvalue weighted by Gasteiger charge is 2.34. The number of hydrogen-bond donors (Lipinski definition) is 0. The Morgan fingerprint density at radius 2 is 1.69 bits per heavy atom. The fourth-order valence-corrected chi connectivity index (χ4v) is 4.54. The van der Waals surface area contributed by atoms with E-state index in [-0.39, 0.29) is 18.6 Å². The van der Waals surface area contributed by atoms with E-state index in [0.29, 0.717) is 26.2 Å². The van der Waals surface area contributed by atoms with Crippen molar-refractivity contribution in [2.45, 2.75) is 25.2 Å². The van der Waals surface area contributed by atoms with Gasteiger partial charge in [0.2, 0.25) is 12.7 Å². The lowest BCUT2D eigenvalue weighted by molar-refractivity contribution is -0.128. The number of hydrogen-bond acceptors (Lipinski definition) is 5. The van der Waals surface area contributed by atoms with Gasteiger partial charge in [-0.05, 0) is 41.8 Å². The Hall–Kier alpha value is -3.15. The second-order valence-electron chi connectivity index (χ2n) is 7.78. The summed E-state index contributed by atoms with van der Waals surface area (Å²) in [5, 5.41) is 0. The third-order valence-corrected chi connectivity index (χ3v) is 6.02. The molecule has 0 aliphatic carbocycles. The number of carbonyl (C=O) groups is 1. The molecule has 6 heteroatoms. The van der Waals surface area contributed by atoms with Gasteiger partial charge < -0.3 is 23.8 Å². The maximum Gasteiger partial charge on any atom is 0.231 e. The highest BCUT2D eigenvalue weighted by molar-refractivity contribution is 5.92. The van der Waals surface area contributed by atoms with Crippen LogP contribution in [0.2, 0.25) is 0 Å². The van der Waals surface area contributed by atoms with Crippen LogP contribution in [0.3, 0.4) is 0 Å². The van der Waals surface area contributed by atoms with Crippen molar-refractivity contribution in [3.63, 3.8) is 0 Å². The molecule has 0 unspecified atom stereocenters. The van der Waals surface area contributed by atoms with Crippen molar-refractivity contribution >= 4 is 11.6 Å². The van der Waals surface area contributed by atoms with Crippen molar-refractivity contribution in [1.29, 1.82) is 0 Å². The molecule has 0 radical (unpaired) electrons. The highest BCUT2D eigenvalue weighted by atomic mass is 16.7. The number of allylic oxidation sites excluding steroid dienone is 1. The Labute approximate surface area is 168 Å². The first kappa shape index (κ1) is 16.8. The Morgan fingerprint density at radius 3 is 2.59 bits per heavy atom. The van der Waals surface area contributed by atoms with Crippen LogP contribution in [-0.4, -0.2) is 37.4 Å². The van der Waals surface area contributed by atoms with Crippen molar-refractivity contribution in [2.75, 3.05) is 26.6 Å². The second kappa shape index (κ2) is 6.44. The molecule has 0 bridgehead atoms. The average Bonchev–Trinajstić information content (AvgIpc) is 3.09. The zero-order valence-electron chi connectivity index (χ0n) is 16.0. The molecule has 148 valence electrons. The summed E-state index contributed by atoms with van der Waals surface area (Å²) in [5.74, 6) is 3.24. The van der Waals surface area contributed by atoms with Gasteiger partial charge in [-0.1, -0.05) is 12.1 Å². The molecule has 6 nitrogen and oxygen atoms in total. The molecule has 4 aliphatic rings. The highest BCUT2D eigenvalue weighted by Crippen LogP contribution is 2.44. The van der Waals surface area contributed by atoms with Crippen molar-refractivity contribution in [3.05, 3.63) is 53.1 Å². The van der Waals surface area contributed by atoms with Gasteiger partial charge in [0, 0.05) is 36.6 Å². The molecule has 0 fully saturated rings. The number of rotatable bonds is 1. The van der Waals surface area contributed by atoms with Crippen LogP contribution in [0.5, 0.6) is 23.0 Å². The topological polar surface area (TPSA) is 57.2 Å². The minimum atomic E-state index is 0.00479. The fraction of sp³-hybridized carbons (Fsp3) is 0.348. The van der Waals surface area contributed by atoms with Gasteiger partial charge in [0.1, 0.15) is 0 Å². The summed E-state index contributed by atoms with van der Waals surface area (Å²) < 4.78 is 22.7. The SMILES string of the molecule is O=C1C[C@H](c2ccc3c(c2)OCO3)C=C2c3cc4c(cc3CCN12)OCCCO4. The third-order valence-electron chi connectivity index (χ3n) is 6.02. The van der Waals surface area contributed by atoms with E-state index in [4.69, 9.17) is 18.9 Å². The maximum atomic E-state index is 13.0. The molecule has 4 aliphatic heterocycles. The van der Waals surface area contributed by atoms with Crippen LogP contribution in [0.1, 0.15) is 35.4 Å². The van der Waals surface area contributed by atoms with Crippen molar-refractivity contribution in [3.8, 4) is 23.0 Å². The molecule has 1 amide bonds. The van der Waals surface area contributed by atoms with Crippen molar-refractivity contribution in [1.82, 2.24) is 4.90 Å². The number of fused-ring (bicyclic) bond motifs is 5. The van der Waals surface area contributed by atoms with Gasteiger partial charge in [-0.25, -0.2) is 0 Å². The fourth-order valence-electron chi connectivity index (χ4n) is 4.54. The molecule has 4 heterocycles. The molecular weight excluding hydrogens is 370 g/mol. The minimum absolute atomic E-state index is 0.00479. The summed E-state index contributed by atoms with van der Waals surface area (Å²) >= 11 is 0. The van der Waals surface area contributed by atoms with E-state index in [1.54, 1.807) is 0 Å². The first-order chi connectivity index (χ1) is 14.3. The lowest BCUT2D eigenvalue weighted by Crippen LogP contribution is -2.38. The Balaban J connectivity index is 1.43. The standard InChI is InChI=1S/C23H21NO5/c25-23-11-16(14-2-3-19-20(9-14)29-13-28-19)8-18-17-12-22-21(26-6-1-7-27-22)10-15(17)4-5-24(18)23/h2-3,8-10,12,16H,1,4-7,11,13H2/t16-/m1/s1. The first-order valence-electron chi connectivity index (χ1n) is 10.1. The van der Waals surface area contributed by atoms with Crippen LogP contribution in [0, 0.1) is 0 Å². The van der Waals surface area contributed by atoms with E-state index in [1.165, 1.54) is 5.56 Å². The lowest BCUT2D eigenvalue weighted by Gasteiger charge is -2.37. The van der Waals surface area contributed by atoms with E-state index in [2.05, 4.69) is 12.1 Å². The molecule has 0 aromatic heterocycles. The van der Waals surface area contributed by atoms with Gasteiger partial charge in [0.15, 0.2) is 23.0 Å². The molecular formula is C23H21NO5. The Bertz CT molecular complexity index is 1040. The smallest absolute Gasteiger partial charge is 0.231 e. The van der Waals surface area contributed by atoms with E-state index >= 15 is 0 Å². The average molecular weight is 391 g/mol. The normalized spacial score (nSPS) is 21.8.